The summed E-state index contributed by atoms with van der Waals surface area (Å²) in [7, 11) is 0. The third kappa shape index (κ3) is 3.43. The van der Waals surface area contributed by atoms with Crippen LogP contribution in [0.5, 0.6) is 5.75 Å². The van der Waals surface area contributed by atoms with Crippen molar-refractivity contribution in [1.82, 2.24) is 9.97 Å². The lowest BCUT2D eigenvalue weighted by molar-refractivity contribution is 0.340. The molecule has 0 aliphatic carbocycles. The Morgan fingerprint density at radius 2 is 1.94 bits per heavy atom. The summed E-state index contributed by atoms with van der Waals surface area (Å²) in [6, 6.07) is 9.60. The van der Waals surface area contributed by atoms with Gasteiger partial charge in [-0.05, 0) is 54.0 Å². The smallest absolute Gasteiger partial charge is 0.135 e. The zero-order valence-corrected chi connectivity index (χ0v) is 11.9. The van der Waals surface area contributed by atoms with Gasteiger partial charge >= 0.3 is 0 Å². The van der Waals surface area contributed by atoms with Crippen molar-refractivity contribution in [3.63, 3.8) is 0 Å². The van der Waals surface area contributed by atoms with Crippen LogP contribution in [0.25, 0.3) is 0 Å². The summed E-state index contributed by atoms with van der Waals surface area (Å²) in [6.07, 6.45) is 0. The fraction of sp³-hybridized carbons (Fsp3) is 0.231. The van der Waals surface area contributed by atoms with E-state index in [4.69, 9.17) is 4.74 Å². The topological polar surface area (TPSA) is 47.0 Å². The molecule has 0 radical (unpaired) electrons. The van der Waals surface area contributed by atoms with E-state index in [1.165, 1.54) is 0 Å². The molecular weight excluding hydrogens is 294 g/mol. The van der Waals surface area contributed by atoms with Crippen molar-refractivity contribution in [3.05, 3.63) is 40.8 Å². The summed E-state index contributed by atoms with van der Waals surface area (Å²) in [4.78, 5) is 8.46. The van der Waals surface area contributed by atoms with Crippen LogP contribution in [0.1, 0.15) is 12.7 Å². The van der Waals surface area contributed by atoms with Crippen LogP contribution in [0.2, 0.25) is 0 Å². The zero-order valence-electron chi connectivity index (χ0n) is 10.3. The minimum absolute atomic E-state index is 0.671. The van der Waals surface area contributed by atoms with Gasteiger partial charge < -0.3 is 10.1 Å². The van der Waals surface area contributed by atoms with Crippen molar-refractivity contribution >= 4 is 27.4 Å². The van der Waals surface area contributed by atoms with E-state index in [1.807, 2.05) is 44.2 Å². The molecule has 5 heteroatoms. The summed E-state index contributed by atoms with van der Waals surface area (Å²) < 4.78 is 6.16. The first-order chi connectivity index (χ1) is 8.67. The van der Waals surface area contributed by atoms with E-state index in [9.17, 15) is 0 Å². The van der Waals surface area contributed by atoms with E-state index >= 15 is 0 Å². The summed E-state index contributed by atoms with van der Waals surface area (Å²) in [5.41, 5.74) is 0.962. The standard InChI is InChI=1S/C13H14BrN3O/c1-3-18-11-6-4-10(5-7-11)17-13-8-12(14)15-9(2)16-13/h4-8H,3H2,1-2H3,(H,15,16,17). The third-order valence-electron chi connectivity index (χ3n) is 2.24. The first-order valence-electron chi connectivity index (χ1n) is 5.68. The van der Waals surface area contributed by atoms with E-state index < -0.39 is 0 Å². The Kier molecular flexibility index (Phi) is 4.15. The van der Waals surface area contributed by atoms with Gasteiger partial charge in [0, 0.05) is 11.8 Å². The van der Waals surface area contributed by atoms with Crippen LogP contribution in [0.4, 0.5) is 11.5 Å². The van der Waals surface area contributed by atoms with Crippen molar-refractivity contribution in [2.45, 2.75) is 13.8 Å². The number of hydrogen-bond acceptors (Lipinski definition) is 4. The molecule has 1 aromatic carbocycles. The number of aryl methyl sites for hydroxylation is 1. The lowest BCUT2D eigenvalue weighted by Crippen LogP contribution is -1.97. The van der Waals surface area contributed by atoms with Gasteiger partial charge in [-0.25, -0.2) is 9.97 Å². The predicted octanol–water partition coefficient (Wildman–Crippen LogP) is 3.69. The molecule has 0 atom stereocenters. The second-order valence-corrected chi connectivity index (χ2v) is 4.52. The Labute approximate surface area is 115 Å². The fourth-order valence-electron chi connectivity index (χ4n) is 1.54. The summed E-state index contributed by atoms with van der Waals surface area (Å²) in [5.74, 6) is 2.35. The van der Waals surface area contributed by atoms with E-state index in [-0.39, 0.29) is 0 Å². The molecule has 0 saturated heterocycles. The predicted molar refractivity (Wildman–Crippen MR) is 75.4 cm³/mol. The quantitative estimate of drug-likeness (QED) is 0.875. The molecule has 18 heavy (non-hydrogen) atoms. The fourth-order valence-corrected chi connectivity index (χ4v) is 2.02. The maximum atomic E-state index is 5.39. The van der Waals surface area contributed by atoms with Gasteiger partial charge in [0.1, 0.15) is 22.0 Å². The molecule has 1 aromatic heterocycles. The highest BCUT2D eigenvalue weighted by molar-refractivity contribution is 9.10. The highest BCUT2D eigenvalue weighted by Gasteiger charge is 2.00. The van der Waals surface area contributed by atoms with Gasteiger partial charge in [0.15, 0.2) is 0 Å². The molecule has 0 amide bonds. The van der Waals surface area contributed by atoms with Gasteiger partial charge in [-0.3, -0.25) is 0 Å². The van der Waals surface area contributed by atoms with Crippen LogP contribution >= 0.6 is 15.9 Å². The first-order valence-corrected chi connectivity index (χ1v) is 6.48. The number of ether oxygens (including phenoxy) is 1. The Balaban J connectivity index is 2.13. The average molecular weight is 308 g/mol. The number of aromatic nitrogens is 2. The lowest BCUT2D eigenvalue weighted by Gasteiger charge is -2.08. The molecule has 2 rings (SSSR count). The third-order valence-corrected chi connectivity index (χ3v) is 2.65. The van der Waals surface area contributed by atoms with E-state index in [1.54, 1.807) is 0 Å². The molecule has 1 N–H and O–H groups in total. The highest BCUT2D eigenvalue weighted by atomic mass is 79.9. The SMILES string of the molecule is CCOc1ccc(Nc2cc(Br)nc(C)n2)cc1. The highest BCUT2D eigenvalue weighted by Crippen LogP contribution is 2.20. The van der Waals surface area contributed by atoms with Crippen molar-refractivity contribution in [2.75, 3.05) is 11.9 Å². The number of nitrogens with one attached hydrogen (secondary N) is 1. The Bertz CT molecular complexity index is 508. The summed E-state index contributed by atoms with van der Waals surface area (Å²) in [5, 5.41) is 3.22. The molecule has 1 heterocycles. The number of hydrogen-bond donors (Lipinski definition) is 1. The lowest BCUT2D eigenvalue weighted by atomic mass is 10.3. The molecule has 0 saturated carbocycles. The molecule has 0 unspecified atom stereocenters. The summed E-state index contributed by atoms with van der Waals surface area (Å²) >= 11 is 3.35. The van der Waals surface area contributed by atoms with Crippen LogP contribution in [0.3, 0.4) is 0 Å². The van der Waals surface area contributed by atoms with Crippen LogP contribution in [0.15, 0.2) is 34.9 Å². The first kappa shape index (κ1) is 12.8. The molecule has 0 bridgehead atoms. The Hall–Kier alpha value is -1.62. The number of anilines is 2. The molecule has 0 aliphatic heterocycles. The van der Waals surface area contributed by atoms with Crippen LogP contribution in [0, 0.1) is 6.92 Å². The van der Waals surface area contributed by atoms with Gasteiger partial charge in [0.2, 0.25) is 0 Å². The van der Waals surface area contributed by atoms with Crippen molar-refractivity contribution in [1.29, 1.82) is 0 Å². The monoisotopic (exact) mass is 307 g/mol. The number of benzene rings is 1. The van der Waals surface area contributed by atoms with Crippen LogP contribution < -0.4 is 10.1 Å². The minimum atomic E-state index is 0.671. The zero-order chi connectivity index (χ0) is 13.0. The van der Waals surface area contributed by atoms with E-state index in [0.717, 1.165) is 27.7 Å². The molecule has 4 nitrogen and oxygen atoms in total. The average Bonchev–Trinajstić information content (AvgIpc) is 2.31. The number of rotatable bonds is 4. The number of nitrogens with zero attached hydrogens (tertiary/aromatic N) is 2. The van der Waals surface area contributed by atoms with Gasteiger partial charge in [-0.2, -0.15) is 0 Å². The molecular formula is C13H14BrN3O. The van der Waals surface area contributed by atoms with Crippen molar-refractivity contribution < 1.29 is 4.74 Å². The van der Waals surface area contributed by atoms with Crippen LogP contribution in [-0.4, -0.2) is 16.6 Å². The van der Waals surface area contributed by atoms with Crippen molar-refractivity contribution in [3.8, 4) is 5.75 Å². The maximum absolute atomic E-state index is 5.39. The van der Waals surface area contributed by atoms with Gasteiger partial charge in [-0.1, -0.05) is 0 Å². The largest absolute Gasteiger partial charge is 0.494 e. The second-order valence-electron chi connectivity index (χ2n) is 3.71. The minimum Gasteiger partial charge on any atom is -0.494 e. The molecule has 0 aliphatic rings. The van der Waals surface area contributed by atoms with E-state index in [0.29, 0.717) is 6.61 Å². The Morgan fingerprint density at radius 3 is 2.56 bits per heavy atom. The molecule has 0 spiro atoms. The Morgan fingerprint density at radius 1 is 1.22 bits per heavy atom. The van der Waals surface area contributed by atoms with Crippen LogP contribution in [-0.2, 0) is 0 Å². The molecule has 0 fully saturated rings. The molecule has 2 aromatic rings. The van der Waals surface area contributed by atoms with Gasteiger partial charge in [-0.15, -0.1) is 0 Å². The second kappa shape index (κ2) is 5.82. The normalized spacial score (nSPS) is 10.2. The van der Waals surface area contributed by atoms with E-state index in [2.05, 4.69) is 31.2 Å². The maximum Gasteiger partial charge on any atom is 0.135 e. The van der Waals surface area contributed by atoms with Gasteiger partial charge in [0.25, 0.3) is 0 Å². The van der Waals surface area contributed by atoms with Crippen molar-refractivity contribution in [2.24, 2.45) is 0 Å². The number of halogens is 1. The molecule has 94 valence electrons. The van der Waals surface area contributed by atoms with Gasteiger partial charge in [0.05, 0.1) is 6.61 Å². The summed E-state index contributed by atoms with van der Waals surface area (Å²) in [6.45, 7) is 4.49.